The quantitative estimate of drug-likeness (QED) is 0.685. The normalized spacial score (nSPS) is 11.7. The first kappa shape index (κ1) is 18.8. The second-order valence-electron chi connectivity index (χ2n) is 6.41. The molecule has 0 aliphatic carbocycles. The number of rotatable bonds is 6. The average Bonchev–Trinajstić information content (AvgIpc) is 2.94. The summed E-state index contributed by atoms with van der Waals surface area (Å²) in [6, 6.07) is 15.6. The molecule has 3 rings (SSSR count). The largest absolute Gasteiger partial charge is 0.241 e. The molecule has 0 atom stereocenters. The standard InChI is InChI=1S/C20H22N2O2S2/c1-14-7-6-9-17(11-14)13-26(23,24)21-12-19-16(3)22-20(25-19)18-10-5-4-8-15(18)2/h4-11,21H,12-13H2,1-3H3. The molecule has 2 aromatic carbocycles. The third-order valence-corrected chi connectivity index (χ3v) is 6.65. The maximum Gasteiger partial charge on any atom is 0.216 e. The lowest BCUT2D eigenvalue weighted by Crippen LogP contribution is -2.24. The minimum atomic E-state index is -3.40. The van der Waals surface area contributed by atoms with Crippen molar-refractivity contribution in [3.63, 3.8) is 0 Å². The zero-order valence-corrected chi connectivity index (χ0v) is 16.7. The summed E-state index contributed by atoms with van der Waals surface area (Å²) in [6.45, 7) is 6.19. The zero-order valence-electron chi connectivity index (χ0n) is 15.1. The van der Waals surface area contributed by atoms with Crippen LogP contribution in [-0.2, 0) is 22.3 Å². The second kappa shape index (κ2) is 7.70. The molecule has 0 bridgehead atoms. The minimum Gasteiger partial charge on any atom is -0.241 e. The van der Waals surface area contributed by atoms with Crippen molar-refractivity contribution in [1.82, 2.24) is 9.71 Å². The van der Waals surface area contributed by atoms with Gasteiger partial charge in [-0.1, -0.05) is 54.1 Å². The van der Waals surface area contributed by atoms with Crippen LogP contribution < -0.4 is 4.72 Å². The van der Waals surface area contributed by atoms with Gasteiger partial charge in [-0.25, -0.2) is 18.1 Å². The van der Waals surface area contributed by atoms with Crippen LogP contribution in [0.15, 0.2) is 48.5 Å². The first-order valence-electron chi connectivity index (χ1n) is 8.39. The monoisotopic (exact) mass is 386 g/mol. The molecular weight excluding hydrogens is 364 g/mol. The number of aromatic nitrogens is 1. The van der Waals surface area contributed by atoms with Gasteiger partial charge in [0.15, 0.2) is 0 Å². The lowest BCUT2D eigenvalue weighted by molar-refractivity contribution is 0.581. The van der Waals surface area contributed by atoms with Crippen LogP contribution in [-0.4, -0.2) is 13.4 Å². The second-order valence-corrected chi connectivity index (χ2v) is 9.30. The van der Waals surface area contributed by atoms with Crippen molar-refractivity contribution >= 4 is 21.4 Å². The molecule has 6 heteroatoms. The molecule has 0 unspecified atom stereocenters. The number of hydrogen-bond acceptors (Lipinski definition) is 4. The van der Waals surface area contributed by atoms with Crippen LogP contribution in [0.25, 0.3) is 10.6 Å². The molecule has 0 aliphatic heterocycles. The van der Waals surface area contributed by atoms with E-state index in [-0.39, 0.29) is 12.3 Å². The third-order valence-electron chi connectivity index (χ3n) is 4.16. The van der Waals surface area contributed by atoms with Gasteiger partial charge in [-0.3, -0.25) is 0 Å². The van der Waals surface area contributed by atoms with E-state index in [9.17, 15) is 8.42 Å². The summed E-state index contributed by atoms with van der Waals surface area (Å²) in [7, 11) is -3.40. The average molecular weight is 387 g/mol. The van der Waals surface area contributed by atoms with E-state index in [1.54, 1.807) is 0 Å². The Morgan fingerprint density at radius 1 is 1.04 bits per heavy atom. The summed E-state index contributed by atoms with van der Waals surface area (Å²) < 4.78 is 27.5. The molecule has 0 spiro atoms. The minimum absolute atomic E-state index is 0.0167. The fourth-order valence-electron chi connectivity index (χ4n) is 2.77. The Balaban J connectivity index is 1.72. The highest BCUT2D eigenvalue weighted by atomic mass is 32.2. The summed E-state index contributed by atoms with van der Waals surface area (Å²) >= 11 is 1.54. The van der Waals surface area contributed by atoms with Crippen LogP contribution in [0.1, 0.15) is 27.3 Å². The van der Waals surface area contributed by atoms with Crippen molar-refractivity contribution in [2.45, 2.75) is 33.1 Å². The molecule has 0 radical (unpaired) electrons. The van der Waals surface area contributed by atoms with Gasteiger partial charge in [0.2, 0.25) is 10.0 Å². The van der Waals surface area contributed by atoms with E-state index in [4.69, 9.17) is 0 Å². The zero-order chi connectivity index (χ0) is 18.7. The number of sulfonamides is 1. The summed E-state index contributed by atoms with van der Waals surface area (Å²) in [5.41, 5.74) is 4.96. The fourth-order valence-corrected chi connectivity index (χ4v) is 5.04. The Bertz CT molecular complexity index is 1020. The predicted molar refractivity (Wildman–Crippen MR) is 108 cm³/mol. The van der Waals surface area contributed by atoms with Crippen LogP contribution in [0.5, 0.6) is 0 Å². The first-order valence-corrected chi connectivity index (χ1v) is 10.9. The lowest BCUT2D eigenvalue weighted by atomic mass is 10.1. The van der Waals surface area contributed by atoms with Crippen LogP contribution in [0.4, 0.5) is 0 Å². The van der Waals surface area contributed by atoms with Gasteiger partial charge in [0.05, 0.1) is 11.4 Å². The van der Waals surface area contributed by atoms with Gasteiger partial charge in [0.1, 0.15) is 5.01 Å². The van der Waals surface area contributed by atoms with Crippen molar-refractivity contribution < 1.29 is 8.42 Å². The highest BCUT2D eigenvalue weighted by molar-refractivity contribution is 7.88. The Labute approximate surface area is 159 Å². The molecule has 4 nitrogen and oxygen atoms in total. The van der Waals surface area contributed by atoms with Crippen LogP contribution in [0, 0.1) is 20.8 Å². The molecule has 1 aromatic heterocycles. The highest BCUT2D eigenvalue weighted by Gasteiger charge is 2.15. The Kier molecular flexibility index (Phi) is 5.55. The molecule has 0 fully saturated rings. The van der Waals surface area contributed by atoms with Crippen molar-refractivity contribution in [2.75, 3.05) is 0 Å². The Morgan fingerprint density at radius 2 is 1.81 bits per heavy atom. The van der Waals surface area contributed by atoms with Crippen molar-refractivity contribution in [3.05, 3.63) is 75.8 Å². The van der Waals surface area contributed by atoms with Gasteiger partial charge < -0.3 is 0 Å². The molecule has 136 valence electrons. The van der Waals surface area contributed by atoms with E-state index in [0.29, 0.717) is 0 Å². The van der Waals surface area contributed by atoms with Crippen LogP contribution in [0.3, 0.4) is 0 Å². The maximum atomic E-state index is 12.4. The number of aryl methyl sites for hydroxylation is 3. The molecule has 0 saturated heterocycles. The maximum absolute atomic E-state index is 12.4. The van der Waals surface area contributed by atoms with E-state index >= 15 is 0 Å². The molecule has 0 aliphatic rings. The number of thiazole rings is 1. The number of nitrogens with zero attached hydrogens (tertiary/aromatic N) is 1. The third kappa shape index (κ3) is 4.58. The summed E-state index contributed by atoms with van der Waals surface area (Å²) in [6.07, 6.45) is 0. The molecule has 26 heavy (non-hydrogen) atoms. The molecule has 1 heterocycles. The van der Waals surface area contributed by atoms with Crippen LogP contribution in [0.2, 0.25) is 0 Å². The molecular formula is C20H22N2O2S2. The van der Waals surface area contributed by atoms with Gasteiger partial charge in [0.25, 0.3) is 0 Å². The first-order chi connectivity index (χ1) is 12.3. The van der Waals surface area contributed by atoms with E-state index < -0.39 is 10.0 Å². The van der Waals surface area contributed by atoms with E-state index in [0.717, 1.165) is 37.8 Å². The predicted octanol–water partition coefficient (Wildman–Crippen LogP) is 4.35. The van der Waals surface area contributed by atoms with Crippen LogP contribution >= 0.6 is 11.3 Å². The smallest absolute Gasteiger partial charge is 0.216 e. The van der Waals surface area contributed by atoms with Gasteiger partial charge in [-0.15, -0.1) is 11.3 Å². The molecule has 0 saturated carbocycles. The van der Waals surface area contributed by atoms with Gasteiger partial charge >= 0.3 is 0 Å². The number of benzene rings is 2. The summed E-state index contributed by atoms with van der Waals surface area (Å²) in [5, 5.41) is 0.925. The van der Waals surface area contributed by atoms with Crippen molar-refractivity contribution in [3.8, 4) is 10.6 Å². The summed E-state index contributed by atoms with van der Waals surface area (Å²) in [4.78, 5) is 5.56. The lowest BCUT2D eigenvalue weighted by Gasteiger charge is -2.07. The Morgan fingerprint density at radius 3 is 2.54 bits per heavy atom. The number of nitrogens with one attached hydrogen (secondary N) is 1. The number of hydrogen-bond donors (Lipinski definition) is 1. The Hall–Kier alpha value is -2.02. The highest BCUT2D eigenvalue weighted by Crippen LogP contribution is 2.30. The summed E-state index contributed by atoms with van der Waals surface area (Å²) in [5.74, 6) is -0.0167. The van der Waals surface area contributed by atoms with Crippen molar-refractivity contribution in [2.24, 2.45) is 0 Å². The SMILES string of the molecule is Cc1cccc(CS(=O)(=O)NCc2sc(-c3ccccc3C)nc2C)c1. The molecule has 1 N–H and O–H groups in total. The van der Waals surface area contributed by atoms with Gasteiger partial charge in [0, 0.05) is 17.0 Å². The van der Waals surface area contributed by atoms with E-state index in [1.165, 1.54) is 11.3 Å². The molecule has 3 aromatic rings. The van der Waals surface area contributed by atoms with E-state index in [1.807, 2.05) is 56.3 Å². The van der Waals surface area contributed by atoms with Crippen molar-refractivity contribution in [1.29, 1.82) is 0 Å². The van der Waals surface area contributed by atoms with Gasteiger partial charge in [-0.2, -0.15) is 0 Å². The molecule has 0 amide bonds. The fraction of sp³-hybridized carbons (Fsp3) is 0.250. The van der Waals surface area contributed by atoms with E-state index in [2.05, 4.69) is 22.7 Å². The topological polar surface area (TPSA) is 59.1 Å². The van der Waals surface area contributed by atoms with Gasteiger partial charge in [-0.05, 0) is 31.9 Å².